The van der Waals surface area contributed by atoms with Crippen LogP contribution in [0.25, 0.3) is 16.9 Å². The number of hydrogen-bond acceptors (Lipinski definition) is 4. The molecule has 1 aliphatic heterocycles. The van der Waals surface area contributed by atoms with Gasteiger partial charge in [-0.2, -0.15) is 5.10 Å². The zero-order valence-electron chi connectivity index (χ0n) is 16.9. The van der Waals surface area contributed by atoms with Gasteiger partial charge in [0, 0.05) is 57.0 Å². The maximum atomic E-state index is 11.6. The lowest BCUT2D eigenvalue weighted by atomic mass is 10.1. The van der Waals surface area contributed by atoms with Crippen LogP contribution in [-0.4, -0.2) is 58.8 Å². The largest absolute Gasteiger partial charge is 0.497 e. The van der Waals surface area contributed by atoms with E-state index in [1.54, 1.807) is 14.0 Å². The van der Waals surface area contributed by atoms with Gasteiger partial charge in [-0.3, -0.25) is 9.69 Å². The van der Waals surface area contributed by atoms with E-state index in [1.165, 1.54) is 5.56 Å². The van der Waals surface area contributed by atoms with Crippen LogP contribution in [0, 0.1) is 0 Å². The van der Waals surface area contributed by atoms with E-state index in [1.807, 2.05) is 52.0 Å². The van der Waals surface area contributed by atoms with E-state index in [9.17, 15) is 4.79 Å². The Kier molecular flexibility index (Phi) is 5.62. The number of para-hydroxylation sites is 1. The summed E-state index contributed by atoms with van der Waals surface area (Å²) in [7, 11) is 1.67. The number of carbonyl (C=O) groups is 1. The molecule has 1 aromatic heterocycles. The molecule has 0 N–H and O–H groups in total. The fourth-order valence-corrected chi connectivity index (χ4v) is 3.69. The maximum absolute atomic E-state index is 11.6. The Morgan fingerprint density at radius 3 is 2.31 bits per heavy atom. The lowest BCUT2D eigenvalue weighted by Crippen LogP contribution is -2.47. The molecule has 6 heteroatoms. The van der Waals surface area contributed by atoms with Crippen LogP contribution in [0.1, 0.15) is 12.5 Å². The number of ether oxygens (including phenoxy) is 1. The number of carbonyl (C=O) groups excluding carboxylic acids is 1. The van der Waals surface area contributed by atoms with Crippen LogP contribution in [0.3, 0.4) is 0 Å². The number of nitrogens with zero attached hydrogens (tertiary/aromatic N) is 4. The van der Waals surface area contributed by atoms with Gasteiger partial charge in [0.05, 0.1) is 18.5 Å². The SMILES string of the molecule is COc1ccc(-c2nn(-c3ccccc3)cc2CN2CCN(C(C)=O)CC2)cc1. The normalized spacial score (nSPS) is 14.8. The third-order valence-corrected chi connectivity index (χ3v) is 5.39. The van der Waals surface area contributed by atoms with Crippen molar-refractivity contribution in [1.82, 2.24) is 19.6 Å². The summed E-state index contributed by atoms with van der Waals surface area (Å²) in [6.07, 6.45) is 2.12. The predicted octanol–water partition coefficient (Wildman–Crippen LogP) is 3.21. The molecule has 2 heterocycles. The molecule has 0 unspecified atom stereocenters. The fourth-order valence-electron chi connectivity index (χ4n) is 3.69. The average molecular weight is 390 g/mol. The molecule has 1 amide bonds. The van der Waals surface area contributed by atoms with Crippen LogP contribution in [0.2, 0.25) is 0 Å². The predicted molar refractivity (Wildman–Crippen MR) is 113 cm³/mol. The van der Waals surface area contributed by atoms with E-state index in [2.05, 4.69) is 23.2 Å². The summed E-state index contributed by atoms with van der Waals surface area (Å²) in [6.45, 7) is 5.75. The number of methoxy groups -OCH3 is 1. The van der Waals surface area contributed by atoms with E-state index in [4.69, 9.17) is 9.84 Å². The van der Waals surface area contributed by atoms with E-state index < -0.39 is 0 Å². The summed E-state index contributed by atoms with van der Waals surface area (Å²) in [6, 6.07) is 18.2. The van der Waals surface area contributed by atoms with Crippen molar-refractivity contribution in [3.05, 3.63) is 66.4 Å². The monoisotopic (exact) mass is 390 g/mol. The van der Waals surface area contributed by atoms with Gasteiger partial charge in [-0.1, -0.05) is 18.2 Å². The Bertz CT molecular complexity index is 958. The van der Waals surface area contributed by atoms with Gasteiger partial charge in [-0.25, -0.2) is 4.68 Å². The Labute approximate surface area is 171 Å². The highest BCUT2D eigenvalue weighted by Crippen LogP contribution is 2.27. The summed E-state index contributed by atoms with van der Waals surface area (Å²) >= 11 is 0. The van der Waals surface area contributed by atoms with Crippen molar-refractivity contribution in [2.24, 2.45) is 0 Å². The highest BCUT2D eigenvalue weighted by Gasteiger charge is 2.21. The molecule has 150 valence electrons. The van der Waals surface area contributed by atoms with Crippen molar-refractivity contribution in [2.45, 2.75) is 13.5 Å². The van der Waals surface area contributed by atoms with Crippen molar-refractivity contribution in [3.8, 4) is 22.7 Å². The lowest BCUT2D eigenvalue weighted by molar-refractivity contribution is -0.130. The van der Waals surface area contributed by atoms with Gasteiger partial charge >= 0.3 is 0 Å². The second-order valence-electron chi connectivity index (χ2n) is 7.29. The van der Waals surface area contributed by atoms with Crippen LogP contribution < -0.4 is 4.74 Å². The maximum Gasteiger partial charge on any atom is 0.219 e. The van der Waals surface area contributed by atoms with Crippen LogP contribution in [0.15, 0.2) is 60.8 Å². The van der Waals surface area contributed by atoms with Crippen molar-refractivity contribution in [3.63, 3.8) is 0 Å². The highest BCUT2D eigenvalue weighted by atomic mass is 16.5. The number of benzene rings is 2. The Hall–Kier alpha value is -3.12. The Balaban J connectivity index is 1.62. The third kappa shape index (κ3) is 4.32. The van der Waals surface area contributed by atoms with E-state index >= 15 is 0 Å². The molecule has 0 bridgehead atoms. The van der Waals surface area contributed by atoms with Crippen LogP contribution in [-0.2, 0) is 11.3 Å². The van der Waals surface area contributed by atoms with Gasteiger partial charge in [-0.05, 0) is 36.4 Å². The number of amides is 1. The zero-order valence-corrected chi connectivity index (χ0v) is 16.9. The number of rotatable bonds is 5. The molecule has 2 aromatic carbocycles. The molecule has 1 aliphatic rings. The third-order valence-electron chi connectivity index (χ3n) is 5.39. The minimum atomic E-state index is 0.153. The first kappa shape index (κ1) is 19.2. The van der Waals surface area contributed by atoms with E-state index in [0.717, 1.165) is 55.4 Å². The molecule has 6 nitrogen and oxygen atoms in total. The van der Waals surface area contributed by atoms with Crippen molar-refractivity contribution in [2.75, 3.05) is 33.3 Å². The first-order valence-electron chi connectivity index (χ1n) is 9.90. The first-order valence-corrected chi connectivity index (χ1v) is 9.90. The van der Waals surface area contributed by atoms with Gasteiger partial charge in [0.15, 0.2) is 0 Å². The topological polar surface area (TPSA) is 50.6 Å². The molecule has 0 aliphatic carbocycles. The zero-order chi connectivity index (χ0) is 20.2. The van der Waals surface area contributed by atoms with E-state index in [-0.39, 0.29) is 5.91 Å². The van der Waals surface area contributed by atoms with Crippen molar-refractivity contribution in [1.29, 1.82) is 0 Å². The molecule has 3 aromatic rings. The summed E-state index contributed by atoms with van der Waals surface area (Å²) < 4.78 is 7.24. The highest BCUT2D eigenvalue weighted by molar-refractivity contribution is 5.73. The molecule has 0 atom stereocenters. The summed E-state index contributed by atoms with van der Waals surface area (Å²) in [5.74, 6) is 0.985. The smallest absolute Gasteiger partial charge is 0.219 e. The minimum absolute atomic E-state index is 0.153. The second-order valence-corrected chi connectivity index (χ2v) is 7.29. The minimum Gasteiger partial charge on any atom is -0.497 e. The standard InChI is InChI=1S/C23H26N4O2/c1-18(28)26-14-12-25(13-15-26)16-20-17-27(21-6-4-3-5-7-21)24-23(20)19-8-10-22(29-2)11-9-19/h3-11,17H,12-16H2,1-2H3. The molecule has 4 rings (SSSR count). The molecular formula is C23H26N4O2. The lowest BCUT2D eigenvalue weighted by Gasteiger charge is -2.34. The molecule has 1 fully saturated rings. The summed E-state index contributed by atoms with van der Waals surface area (Å²) in [5.41, 5.74) is 4.26. The van der Waals surface area contributed by atoms with E-state index in [0.29, 0.717) is 0 Å². The quantitative estimate of drug-likeness (QED) is 0.671. The molecule has 0 saturated carbocycles. The first-order chi connectivity index (χ1) is 14.1. The number of aromatic nitrogens is 2. The molecule has 1 saturated heterocycles. The summed E-state index contributed by atoms with van der Waals surface area (Å²) in [4.78, 5) is 15.9. The molecule has 29 heavy (non-hydrogen) atoms. The number of piperazine rings is 1. The van der Waals surface area contributed by atoms with Crippen LogP contribution in [0.5, 0.6) is 5.75 Å². The Morgan fingerprint density at radius 1 is 1.00 bits per heavy atom. The second kappa shape index (κ2) is 8.49. The average Bonchev–Trinajstić information content (AvgIpc) is 3.18. The Morgan fingerprint density at radius 2 is 1.69 bits per heavy atom. The summed E-state index contributed by atoms with van der Waals surface area (Å²) in [5, 5.41) is 4.90. The van der Waals surface area contributed by atoms with Gasteiger partial charge in [0.1, 0.15) is 5.75 Å². The van der Waals surface area contributed by atoms with Crippen molar-refractivity contribution >= 4 is 5.91 Å². The molecular weight excluding hydrogens is 364 g/mol. The van der Waals surface area contributed by atoms with Crippen LogP contribution in [0.4, 0.5) is 0 Å². The molecule has 0 spiro atoms. The number of hydrogen-bond donors (Lipinski definition) is 0. The van der Waals surface area contributed by atoms with Gasteiger partial charge in [0.25, 0.3) is 0 Å². The van der Waals surface area contributed by atoms with Crippen LogP contribution >= 0.6 is 0 Å². The van der Waals surface area contributed by atoms with Gasteiger partial charge < -0.3 is 9.64 Å². The molecule has 0 radical (unpaired) electrons. The van der Waals surface area contributed by atoms with Crippen molar-refractivity contribution < 1.29 is 9.53 Å². The van der Waals surface area contributed by atoms with Gasteiger partial charge in [-0.15, -0.1) is 0 Å². The fraction of sp³-hybridized carbons (Fsp3) is 0.304. The van der Waals surface area contributed by atoms with Gasteiger partial charge in [0.2, 0.25) is 5.91 Å².